The molecule has 0 spiro atoms. The zero-order valence-corrected chi connectivity index (χ0v) is 7.98. The third-order valence-electron chi connectivity index (χ3n) is 1.48. The molecule has 0 fully saturated rings. The Morgan fingerprint density at radius 1 is 1.62 bits per heavy atom. The Hall–Kier alpha value is -1.03. The molecule has 0 aliphatic heterocycles. The predicted octanol–water partition coefficient (Wildman–Crippen LogP) is 2.29. The third-order valence-corrected chi connectivity index (χ3v) is 1.72. The van der Waals surface area contributed by atoms with Crippen LogP contribution >= 0.6 is 12.6 Å². The van der Waals surface area contributed by atoms with Gasteiger partial charge in [0.05, 0.1) is 12.2 Å². The molecule has 4 heteroatoms. The molecule has 0 aromatic heterocycles. The fraction of sp³-hybridized carbons (Fsp3) is 0.222. The number of hydrogen-bond acceptors (Lipinski definition) is 2. The topological polar surface area (TPSA) is 26.3 Å². The van der Waals surface area contributed by atoms with E-state index in [-0.39, 0.29) is 5.56 Å². The normalized spacial score (nSPS) is 9.77. The zero-order valence-electron chi connectivity index (χ0n) is 7.08. The first kappa shape index (κ1) is 10.1. The van der Waals surface area contributed by atoms with Crippen LogP contribution in [0.5, 0.6) is 5.75 Å². The minimum atomic E-state index is -0.606. The lowest BCUT2D eigenvalue weighted by molar-refractivity contribution is 0.108. The van der Waals surface area contributed by atoms with Gasteiger partial charge < -0.3 is 4.74 Å². The summed E-state index contributed by atoms with van der Waals surface area (Å²) >= 11 is 3.52. The van der Waals surface area contributed by atoms with Gasteiger partial charge in [-0.05, 0) is 19.1 Å². The molecule has 1 rings (SSSR count). The Labute approximate surface area is 81.1 Å². The van der Waals surface area contributed by atoms with Gasteiger partial charge in [-0.3, -0.25) is 4.79 Å². The molecule has 0 amide bonds. The van der Waals surface area contributed by atoms with Gasteiger partial charge in [-0.1, -0.05) is 0 Å². The highest BCUT2D eigenvalue weighted by Crippen LogP contribution is 2.17. The van der Waals surface area contributed by atoms with Crippen LogP contribution in [0.1, 0.15) is 17.3 Å². The molecular formula is C9H9FO2S. The molecular weight excluding hydrogens is 191 g/mol. The summed E-state index contributed by atoms with van der Waals surface area (Å²) in [5.74, 6) is -0.190. The van der Waals surface area contributed by atoms with Crippen molar-refractivity contribution in [3.8, 4) is 5.75 Å². The summed E-state index contributed by atoms with van der Waals surface area (Å²) in [5.41, 5.74) is -0.0354. The standard InChI is InChI=1S/C9H9FO2S/c1-2-12-6-3-4-7(9(11)13)8(10)5-6/h3-5H,2H2,1H3,(H,11,13). The average molecular weight is 200 g/mol. The molecule has 70 valence electrons. The molecule has 0 bridgehead atoms. The maximum absolute atomic E-state index is 13.1. The van der Waals surface area contributed by atoms with Gasteiger partial charge in [-0.15, -0.1) is 12.6 Å². The minimum Gasteiger partial charge on any atom is -0.494 e. The van der Waals surface area contributed by atoms with Gasteiger partial charge >= 0.3 is 0 Å². The molecule has 2 nitrogen and oxygen atoms in total. The lowest BCUT2D eigenvalue weighted by Crippen LogP contribution is -1.97. The van der Waals surface area contributed by atoms with Crippen LogP contribution in [0, 0.1) is 5.82 Å². The van der Waals surface area contributed by atoms with Crippen molar-refractivity contribution in [2.75, 3.05) is 6.61 Å². The smallest absolute Gasteiger partial charge is 0.219 e. The van der Waals surface area contributed by atoms with Gasteiger partial charge in [0.25, 0.3) is 0 Å². The molecule has 0 unspecified atom stereocenters. The lowest BCUT2D eigenvalue weighted by atomic mass is 10.2. The summed E-state index contributed by atoms with van der Waals surface area (Å²) in [6, 6.07) is 4.07. The van der Waals surface area contributed by atoms with E-state index in [4.69, 9.17) is 4.74 Å². The van der Waals surface area contributed by atoms with E-state index in [1.165, 1.54) is 18.2 Å². The van der Waals surface area contributed by atoms with Crippen molar-refractivity contribution < 1.29 is 13.9 Å². The Balaban J connectivity index is 2.98. The summed E-state index contributed by atoms with van der Waals surface area (Å²) < 4.78 is 18.1. The molecule has 13 heavy (non-hydrogen) atoms. The van der Waals surface area contributed by atoms with Gasteiger partial charge in [-0.25, -0.2) is 4.39 Å². The van der Waals surface area contributed by atoms with Gasteiger partial charge in [0.1, 0.15) is 11.6 Å². The molecule has 0 radical (unpaired) electrons. The van der Waals surface area contributed by atoms with E-state index in [0.717, 1.165) is 0 Å². The molecule has 1 aromatic rings. The van der Waals surface area contributed by atoms with Crippen LogP contribution in [0.3, 0.4) is 0 Å². The molecule has 0 saturated heterocycles. The van der Waals surface area contributed by atoms with E-state index >= 15 is 0 Å². The predicted molar refractivity (Wildman–Crippen MR) is 50.9 cm³/mol. The second-order valence-electron chi connectivity index (χ2n) is 2.38. The number of carbonyl (C=O) groups excluding carboxylic acids is 1. The highest BCUT2D eigenvalue weighted by atomic mass is 32.1. The molecule has 1 aromatic carbocycles. The van der Waals surface area contributed by atoms with Crippen molar-refractivity contribution >= 4 is 17.7 Å². The summed E-state index contributed by atoms with van der Waals surface area (Å²) in [4.78, 5) is 10.7. The molecule has 0 heterocycles. The first-order valence-corrected chi connectivity index (χ1v) is 4.25. The summed E-state index contributed by atoms with van der Waals surface area (Å²) in [5, 5.41) is -0.583. The van der Waals surface area contributed by atoms with E-state index in [2.05, 4.69) is 12.6 Å². The van der Waals surface area contributed by atoms with Crippen molar-refractivity contribution in [3.05, 3.63) is 29.6 Å². The quantitative estimate of drug-likeness (QED) is 0.758. The van der Waals surface area contributed by atoms with Gasteiger partial charge in [0.2, 0.25) is 5.12 Å². The Morgan fingerprint density at radius 2 is 2.31 bits per heavy atom. The number of rotatable bonds is 3. The van der Waals surface area contributed by atoms with E-state index < -0.39 is 10.9 Å². The number of hydrogen-bond donors (Lipinski definition) is 1. The molecule has 0 aliphatic carbocycles. The Kier molecular flexibility index (Phi) is 3.31. The van der Waals surface area contributed by atoms with Gasteiger partial charge in [-0.2, -0.15) is 0 Å². The van der Waals surface area contributed by atoms with Crippen molar-refractivity contribution in [1.82, 2.24) is 0 Å². The Bertz CT molecular complexity index is 325. The van der Waals surface area contributed by atoms with Gasteiger partial charge in [0, 0.05) is 6.07 Å². The minimum absolute atomic E-state index is 0.0354. The van der Waals surface area contributed by atoms with Crippen molar-refractivity contribution in [2.24, 2.45) is 0 Å². The largest absolute Gasteiger partial charge is 0.494 e. The highest BCUT2D eigenvalue weighted by Gasteiger charge is 2.08. The molecule has 0 saturated carbocycles. The number of halogens is 1. The monoisotopic (exact) mass is 200 g/mol. The fourth-order valence-corrected chi connectivity index (χ4v) is 1.11. The second kappa shape index (κ2) is 4.28. The van der Waals surface area contributed by atoms with Crippen LogP contribution in [0.15, 0.2) is 18.2 Å². The van der Waals surface area contributed by atoms with E-state index in [1.54, 1.807) is 6.92 Å². The summed E-state index contributed by atoms with van der Waals surface area (Å²) in [6.45, 7) is 2.27. The van der Waals surface area contributed by atoms with E-state index in [0.29, 0.717) is 12.4 Å². The summed E-state index contributed by atoms with van der Waals surface area (Å²) in [7, 11) is 0. The first-order valence-electron chi connectivity index (χ1n) is 3.80. The van der Waals surface area contributed by atoms with Crippen LogP contribution in [0.4, 0.5) is 4.39 Å². The lowest BCUT2D eigenvalue weighted by Gasteiger charge is -2.03. The number of thiol groups is 1. The van der Waals surface area contributed by atoms with E-state index in [1.807, 2.05) is 0 Å². The Morgan fingerprint density at radius 3 is 2.77 bits per heavy atom. The van der Waals surface area contributed by atoms with Crippen LogP contribution in [0.25, 0.3) is 0 Å². The maximum atomic E-state index is 13.1. The van der Waals surface area contributed by atoms with Crippen molar-refractivity contribution in [2.45, 2.75) is 6.92 Å². The van der Waals surface area contributed by atoms with E-state index in [9.17, 15) is 9.18 Å². The average Bonchev–Trinajstić information content (AvgIpc) is 2.04. The van der Waals surface area contributed by atoms with Gasteiger partial charge in [0.15, 0.2) is 0 Å². The van der Waals surface area contributed by atoms with Crippen LogP contribution in [0.2, 0.25) is 0 Å². The maximum Gasteiger partial charge on any atom is 0.219 e. The van der Waals surface area contributed by atoms with Crippen LogP contribution in [-0.2, 0) is 0 Å². The van der Waals surface area contributed by atoms with Crippen LogP contribution in [-0.4, -0.2) is 11.7 Å². The number of carbonyl (C=O) groups is 1. The van der Waals surface area contributed by atoms with Crippen LogP contribution < -0.4 is 4.74 Å². The summed E-state index contributed by atoms with van der Waals surface area (Å²) in [6.07, 6.45) is 0. The third kappa shape index (κ3) is 2.45. The SMILES string of the molecule is CCOc1ccc(C(=O)S)c(F)c1. The van der Waals surface area contributed by atoms with Crippen molar-refractivity contribution in [1.29, 1.82) is 0 Å². The highest BCUT2D eigenvalue weighted by molar-refractivity contribution is 7.97. The fourth-order valence-electron chi connectivity index (χ4n) is 0.926. The number of ether oxygens (including phenoxy) is 1. The number of benzene rings is 1. The molecule has 0 N–H and O–H groups in total. The second-order valence-corrected chi connectivity index (χ2v) is 2.79. The first-order chi connectivity index (χ1) is 6.15. The zero-order chi connectivity index (χ0) is 9.84. The molecule has 0 atom stereocenters. The molecule has 0 aliphatic rings. The van der Waals surface area contributed by atoms with Crippen molar-refractivity contribution in [3.63, 3.8) is 0 Å².